The molecule has 0 unspecified atom stereocenters. The van der Waals surface area contributed by atoms with Gasteiger partial charge in [-0.25, -0.2) is 8.42 Å². The van der Waals surface area contributed by atoms with E-state index in [4.69, 9.17) is 9.84 Å². The zero-order valence-electron chi connectivity index (χ0n) is 10.4. The van der Waals surface area contributed by atoms with Crippen molar-refractivity contribution >= 4 is 15.8 Å². The lowest BCUT2D eigenvalue weighted by atomic mass is 10.4. The van der Waals surface area contributed by atoms with Crippen LogP contribution in [0.1, 0.15) is 13.3 Å². The molecule has 0 aliphatic heterocycles. The van der Waals surface area contributed by atoms with Crippen LogP contribution in [0.5, 0.6) is 0 Å². The fourth-order valence-electron chi connectivity index (χ4n) is 1.33. The van der Waals surface area contributed by atoms with Crippen LogP contribution in [0.4, 0.5) is 0 Å². The van der Waals surface area contributed by atoms with Crippen LogP contribution in [-0.2, 0) is 19.4 Å². The van der Waals surface area contributed by atoms with Crippen molar-refractivity contribution < 1.29 is 23.1 Å². The Kier molecular flexibility index (Phi) is 8.11. The first-order valence-electron chi connectivity index (χ1n) is 5.54. The average Bonchev–Trinajstić information content (AvgIpc) is 2.24. The molecule has 6 nitrogen and oxygen atoms in total. The maximum Gasteiger partial charge on any atom is 0.317 e. The Morgan fingerprint density at radius 1 is 1.35 bits per heavy atom. The molecule has 0 aliphatic carbocycles. The van der Waals surface area contributed by atoms with Crippen molar-refractivity contribution in [1.82, 2.24) is 4.90 Å². The van der Waals surface area contributed by atoms with E-state index in [2.05, 4.69) is 0 Å². The molecule has 17 heavy (non-hydrogen) atoms. The standard InChI is InChI=1S/C10H21NO5S/c1-3-17(14,15)8-4-5-11(6-7-16-2)9-10(12)13/h3-9H2,1-2H3,(H,12,13). The molecule has 1 N–H and O–H groups in total. The van der Waals surface area contributed by atoms with Gasteiger partial charge in [-0.15, -0.1) is 0 Å². The molecule has 0 radical (unpaired) electrons. The number of rotatable bonds is 10. The Balaban J connectivity index is 4.02. The number of nitrogens with zero attached hydrogens (tertiary/aromatic N) is 1. The van der Waals surface area contributed by atoms with Crippen molar-refractivity contribution in [3.8, 4) is 0 Å². The summed E-state index contributed by atoms with van der Waals surface area (Å²) in [6.45, 7) is 2.91. The van der Waals surface area contributed by atoms with E-state index in [1.165, 1.54) is 0 Å². The Morgan fingerprint density at radius 2 is 2.00 bits per heavy atom. The predicted octanol–water partition coefficient (Wildman–Crippen LogP) is -0.156. The van der Waals surface area contributed by atoms with Gasteiger partial charge in [-0.1, -0.05) is 6.92 Å². The van der Waals surface area contributed by atoms with E-state index in [1.807, 2.05) is 0 Å². The van der Waals surface area contributed by atoms with Gasteiger partial charge in [-0.2, -0.15) is 0 Å². The van der Waals surface area contributed by atoms with E-state index in [0.29, 0.717) is 26.1 Å². The molecule has 0 fully saturated rings. The highest BCUT2D eigenvalue weighted by atomic mass is 32.2. The van der Waals surface area contributed by atoms with Crippen molar-refractivity contribution in [3.05, 3.63) is 0 Å². The third-order valence-electron chi connectivity index (χ3n) is 2.34. The van der Waals surface area contributed by atoms with E-state index in [1.54, 1.807) is 18.9 Å². The summed E-state index contributed by atoms with van der Waals surface area (Å²) < 4.78 is 27.4. The van der Waals surface area contributed by atoms with Gasteiger partial charge in [0.05, 0.1) is 18.9 Å². The van der Waals surface area contributed by atoms with E-state index < -0.39 is 15.8 Å². The fourth-order valence-corrected chi connectivity index (χ4v) is 2.19. The monoisotopic (exact) mass is 267 g/mol. The Bertz CT molecular complexity index is 315. The van der Waals surface area contributed by atoms with Crippen LogP contribution in [0.15, 0.2) is 0 Å². The zero-order valence-corrected chi connectivity index (χ0v) is 11.2. The van der Waals surface area contributed by atoms with Crippen LogP contribution in [0, 0.1) is 0 Å². The summed E-state index contributed by atoms with van der Waals surface area (Å²) >= 11 is 0. The number of carboxylic acid groups (broad SMARTS) is 1. The topological polar surface area (TPSA) is 83.9 Å². The SMILES string of the molecule is CCS(=O)(=O)CCCN(CCOC)CC(=O)O. The highest BCUT2D eigenvalue weighted by Gasteiger charge is 2.12. The molecular weight excluding hydrogens is 246 g/mol. The molecule has 0 rings (SSSR count). The smallest absolute Gasteiger partial charge is 0.317 e. The van der Waals surface area contributed by atoms with E-state index in [0.717, 1.165) is 0 Å². The van der Waals surface area contributed by atoms with E-state index >= 15 is 0 Å². The minimum Gasteiger partial charge on any atom is -0.480 e. The first kappa shape index (κ1) is 16.3. The molecule has 0 bridgehead atoms. The van der Waals surface area contributed by atoms with Gasteiger partial charge in [0, 0.05) is 19.4 Å². The Labute approximate surface area is 102 Å². The van der Waals surface area contributed by atoms with Crippen molar-refractivity contribution in [2.45, 2.75) is 13.3 Å². The van der Waals surface area contributed by atoms with Gasteiger partial charge in [0.15, 0.2) is 0 Å². The van der Waals surface area contributed by atoms with Crippen molar-refractivity contribution in [1.29, 1.82) is 0 Å². The van der Waals surface area contributed by atoms with Gasteiger partial charge in [0.1, 0.15) is 9.84 Å². The van der Waals surface area contributed by atoms with Crippen LogP contribution in [-0.4, -0.2) is 69.3 Å². The number of carboxylic acids is 1. The predicted molar refractivity (Wildman–Crippen MR) is 64.9 cm³/mol. The number of aliphatic carboxylic acids is 1. The minimum atomic E-state index is -2.97. The van der Waals surface area contributed by atoms with Crippen LogP contribution in [0.3, 0.4) is 0 Å². The van der Waals surface area contributed by atoms with E-state index in [9.17, 15) is 13.2 Å². The normalized spacial score (nSPS) is 11.9. The number of ether oxygens (including phenoxy) is 1. The molecule has 0 heterocycles. The van der Waals surface area contributed by atoms with Crippen molar-refractivity contribution in [2.75, 3.05) is 44.9 Å². The van der Waals surface area contributed by atoms with Crippen LogP contribution < -0.4 is 0 Å². The van der Waals surface area contributed by atoms with Gasteiger partial charge < -0.3 is 9.84 Å². The Morgan fingerprint density at radius 3 is 2.47 bits per heavy atom. The second kappa shape index (κ2) is 8.43. The molecule has 0 saturated carbocycles. The van der Waals surface area contributed by atoms with Crippen LogP contribution >= 0.6 is 0 Å². The number of hydrogen-bond donors (Lipinski definition) is 1. The van der Waals surface area contributed by atoms with Crippen LogP contribution in [0.2, 0.25) is 0 Å². The molecule has 0 amide bonds. The molecule has 0 saturated heterocycles. The number of methoxy groups -OCH3 is 1. The van der Waals surface area contributed by atoms with Gasteiger partial charge in [-0.05, 0) is 13.0 Å². The first-order chi connectivity index (χ1) is 7.91. The van der Waals surface area contributed by atoms with Gasteiger partial charge in [0.2, 0.25) is 0 Å². The number of carbonyl (C=O) groups is 1. The maximum absolute atomic E-state index is 11.3. The number of hydrogen-bond acceptors (Lipinski definition) is 5. The summed E-state index contributed by atoms with van der Waals surface area (Å²) in [5, 5.41) is 8.69. The van der Waals surface area contributed by atoms with Gasteiger partial charge in [0.25, 0.3) is 0 Å². The largest absolute Gasteiger partial charge is 0.480 e. The molecule has 102 valence electrons. The summed E-state index contributed by atoms with van der Waals surface area (Å²) in [6, 6.07) is 0. The summed E-state index contributed by atoms with van der Waals surface area (Å²) in [5.41, 5.74) is 0. The van der Waals surface area contributed by atoms with Crippen LogP contribution in [0.25, 0.3) is 0 Å². The lowest BCUT2D eigenvalue weighted by Gasteiger charge is -2.19. The third kappa shape index (κ3) is 9.08. The van der Waals surface area contributed by atoms with Crippen molar-refractivity contribution in [3.63, 3.8) is 0 Å². The molecule has 0 aliphatic rings. The van der Waals surface area contributed by atoms with Crippen molar-refractivity contribution in [2.24, 2.45) is 0 Å². The number of sulfone groups is 1. The first-order valence-corrected chi connectivity index (χ1v) is 7.37. The highest BCUT2D eigenvalue weighted by Crippen LogP contribution is 1.97. The molecule has 0 aromatic heterocycles. The molecule has 0 atom stereocenters. The lowest BCUT2D eigenvalue weighted by Crippen LogP contribution is -2.34. The minimum absolute atomic E-state index is 0.0878. The molecule has 0 aromatic rings. The second-order valence-electron chi connectivity index (χ2n) is 3.75. The maximum atomic E-state index is 11.3. The van der Waals surface area contributed by atoms with E-state index in [-0.39, 0.29) is 18.1 Å². The molecule has 7 heteroatoms. The summed E-state index contributed by atoms with van der Waals surface area (Å²) in [7, 11) is -1.43. The third-order valence-corrected chi connectivity index (χ3v) is 4.13. The molecule has 0 aromatic carbocycles. The lowest BCUT2D eigenvalue weighted by molar-refractivity contribution is -0.138. The van der Waals surface area contributed by atoms with Gasteiger partial charge >= 0.3 is 5.97 Å². The average molecular weight is 267 g/mol. The molecule has 0 spiro atoms. The van der Waals surface area contributed by atoms with Gasteiger partial charge in [-0.3, -0.25) is 9.69 Å². The second-order valence-corrected chi connectivity index (χ2v) is 6.23. The fraction of sp³-hybridized carbons (Fsp3) is 0.900. The molecular formula is C10H21NO5S. The zero-order chi connectivity index (χ0) is 13.3. The summed E-state index contributed by atoms with van der Waals surface area (Å²) in [5.74, 6) is -0.684. The quantitative estimate of drug-likeness (QED) is 0.592. The highest BCUT2D eigenvalue weighted by molar-refractivity contribution is 7.91. The summed E-state index contributed by atoms with van der Waals surface area (Å²) in [4.78, 5) is 12.3. The summed E-state index contributed by atoms with van der Waals surface area (Å²) in [6.07, 6.45) is 0.452. The Hall–Kier alpha value is -0.660.